The summed E-state index contributed by atoms with van der Waals surface area (Å²) in [4.78, 5) is 31.8. The molecule has 8 heteroatoms. The van der Waals surface area contributed by atoms with E-state index in [1.165, 1.54) is 19.3 Å². The highest BCUT2D eigenvalue weighted by Gasteiger charge is 2.30. The number of thioether (sulfide) groups is 1. The summed E-state index contributed by atoms with van der Waals surface area (Å²) in [6, 6.07) is 3.84. The fourth-order valence-electron chi connectivity index (χ4n) is 4.43. The standard InChI is InChI=1S/C23H31N3O3S2/c27-21(24-10-14-30-15-19-7-4-13-29-19)20-16-31-22(25-20)17-8-11-26(12-9-17)23(28)18-5-2-1-3-6-18/h4,7,13,16-18H,1-3,5-6,8-12,14-15H2,(H,24,27). The number of thiazole rings is 1. The van der Waals surface area contributed by atoms with Crippen LogP contribution in [0.3, 0.4) is 0 Å². The van der Waals surface area contributed by atoms with E-state index in [9.17, 15) is 9.59 Å². The SMILES string of the molecule is O=C(NCCSCc1ccco1)c1csc(C2CCN(C(=O)C3CCCCC3)CC2)n1. The molecular formula is C23H31N3O3S2. The van der Waals surface area contributed by atoms with Crippen LogP contribution in [0.1, 0.15) is 72.1 Å². The quantitative estimate of drug-likeness (QED) is 0.578. The topological polar surface area (TPSA) is 75.4 Å². The highest BCUT2D eigenvalue weighted by molar-refractivity contribution is 7.98. The van der Waals surface area contributed by atoms with Crippen molar-refractivity contribution < 1.29 is 14.0 Å². The van der Waals surface area contributed by atoms with Crippen molar-refractivity contribution in [1.29, 1.82) is 0 Å². The molecule has 0 aromatic carbocycles. The molecule has 6 nitrogen and oxygen atoms in total. The van der Waals surface area contributed by atoms with Crippen LogP contribution in [0.5, 0.6) is 0 Å². The van der Waals surface area contributed by atoms with E-state index in [0.717, 1.165) is 61.0 Å². The van der Waals surface area contributed by atoms with Gasteiger partial charge in [-0.2, -0.15) is 11.8 Å². The molecule has 31 heavy (non-hydrogen) atoms. The van der Waals surface area contributed by atoms with Crippen molar-refractivity contribution in [3.05, 3.63) is 40.2 Å². The van der Waals surface area contributed by atoms with E-state index in [1.807, 2.05) is 17.5 Å². The minimum Gasteiger partial charge on any atom is -0.468 e. The molecule has 3 heterocycles. The number of rotatable bonds is 8. The van der Waals surface area contributed by atoms with Crippen molar-refractivity contribution in [2.45, 2.75) is 56.6 Å². The molecule has 0 spiro atoms. The zero-order valence-corrected chi connectivity index (χ0v) is 19.5. The third kappa shape index (κ3) is 6.13. The van der Waals surface area contributed by atoms with Gasteiger partial charge in [-0.25, -0.2) is 4.98 Å². The Labute approximate surface area is 192 Å². The number of piperidine rings is 1. The molecule has 2 aromatic heterocycles. The summed E-state index contributed by atoms with van der Waals surface area (Å²) >= 11 is 3.30. The highest BCUT2D eigenvalue weighted by atomic mass is 32.2. The van der Waals surface area contributed by atoms with Crippen LogP contribution in [-0.4, -0.2) is 47.1 Å². The third-order valence-electron chi connectivity index (χ3n) is 6.22. The zero-order chi connectivity index (χ0) is 21.5. The Hall–Kier alpha value is -1.80. The summed E-state index contributed by atoms with van der Waals surface area (Å²) in [6.07, 6.45) is 9.34. The van der Waals surface area contributed by atoms with Gasteiger partial charge in [0.15, 0.2) is 0 Å². The number of carbonyl (C=O) groups is 2. The van der Waals surface area contributed by atoms with Gasteiger partial charge in [0, 0.05) is 42.6 Å². The number of hydrogen-bond donors (Lipinski definition) is 1. The van der Waals surface area contributed by atoms with E-state index < -0.39 is 0 Å². The summed E-state index contributed by atoms with van der Waals surface area (Å²) in [7, 11) is 0. The van der Waals surface area contributed by atoms with Gasteiger partial charge in [-0.05, 0) is 37.8 Å². The van der Waals surface area contributed by atoms with Crippen molar-refractivity contribution in [3.63, 3.8) is 0 Å². The molecule has 1 saturated carbocycles. The van der Waals surface area contributed by atoms with E-state index in [2.05, 4.69) is 15.2 Å². The summed E-state index contributed by atoms with van der Waals surface area (Å²) in [6.45, 7) is 2.24. The van der Waals surface area contributed by atoms with Crippen molar-refractivity contribution in [3.8, 4) is 0 Å². The second kappa shape index (κ2) is 11.2. The largest absolute Gasteiger partial charge is 0.468 e. The van der Waals surface area contributed by atoms with E-state index in [0.29, 0.717) is 24.1 Å². The Morgan fingerprint density at radius 2 is 2.00 bits per heavy atom. The molecule has 2 aliphatic rings. The summed E-state index contributed by atoms with van der Waals surface area (Å²) in [5.41, 5.74) is 0.511. The molecule has 1 saturated heterocycles. The normalized spacial score (nSPS) is 18.3. The van der Waals surface area contributed by atoms with Gasteiger partial charge in [0.1, 0.15) is 11.5 Å². The first-order valence-corrected chi connectivity index (χ1v) is 13.4. The third-order valence-corrected chi connectivity index (χ3v) is 8.21. The first-order valence-electron chi connectivity index (χ1n) is 11.3. The summed E-state index contributed by atoms with van der Waals surface area (Å²) < 4.78 is 5.30. The lowest BCUT2D eigenvalue weighted by Crippen LogP contribution is -2.41. The first-order chi connectivity index (χ1) is 15.2. The first kappa shape index (κ1) is 22.4. The monoisotopic (exact) mass is 461 g/mol. The van der Waals surface area contributed by atoms with Gasteiger partial charge in [-0.1, -0.05) is 19.3 Å². The zero-order valence-electron chi connectivity index (χ0n) is 17.9. The van der Waals surface area contributed by atoms with Crippen LogP contribution in [-0.2, 0) is 10.5 Å². The van der Waals surface area contributed by atoms with Crippen molar-refractivity contribution in [2.24, 2.45) is 5.92 Å². The molecule has 1 aliphatic heterocycles. The number of furan rings is 1. The lowest BCUT2D eigenvalue weighted by molar-refractivity contribution is -0.137. The van der Waals surface area contributed by atoms with E-state index in [1.54, 1.807) is 29.4 Å². The van der Waals surface area contributed by atoms with Gasteiger partial charge in [0.2, 0.25) is 5.91 Å². The van der Waals surface area contributed by atoms with E-state index in [4.69, 9.17) is 4.42 Å². The molecule has 2 amide bonds. The van der Waals surface area contributed by atoms with Crippen molar-refractivity contribution >= 4 is 34.9 Å². The van der Waals surface area contributed by atoms with E-state index >= 15 is 0 Å². The molecule has 0 bridgehead atoms. The highest BCUT2D eigenvalue weighted by Crippen LogP contribution is 2.32. The van der Waals surface area contributed by atoms with Crippen molar-refractivity contribution in [2.75, 3.05) is 25.4 Å². The fourth-order valence-corrected chi connectivity index (χ4v) is 6.16. The van der Waals surface area contributed by atoms with Crippen LogP contribution >= 0.6 is 23.1 Å². The molecule has 2 fully saturated rings. The fraction of sp³-hybridized carbons (Fsp3) is 0.609. The van der Waals surface area contributed by atoms with Crippen molar-refractivity contribution in [1.82, 2.24) is 15.2 Å². The van der Waals surface area contributed by atoms with Crippen LogP contribution in [0.25, 0.3) is 0 Å². The van der Waals surface area contributed by atoms with Crippen LogP contribution in [0.2, 0.25) is 0 Å². The predicted octanol–water partition coefficient (Wildman–Crippen LogP) is 4.69. The van der Waals surface area contributed by atoms with Crippen LogP contribution in [0.15, 0.2) is 28.2 Å². The van der Waals surface area contributed by atoms with Gasteiger partial charge in [0.25, 0.3) is 5.91 Å². The smallest absolute Gasteiger partial charge is 0.270 e. The minimum absolute atomic E-state index is 0.106. The average Bonchev–Trinajstić information content (AvgIpc) is 3.51. The maximum absolute atomic E-state index is 12.8. The van der Waals surface area contributed by atoms with Crippen LogP contribution in [0.4, 0.5) is 0 Å². The Kier molecular flexibility index (Phi) is 8.08. The maximum Gasteiger partial charge on any atom is 0.270 e. The number of hydrogen-bond acceptors (Lipinski definition) is 6. The van der Waals surface area contributed by atoms with Gasteiger partial charge >= 0.3 is 0 Å². The van der Waals surface area contributed by atoms with Gasteiger partial charge in [-0.15, -0.1) is 11.3 Å². The summed E-state index contributed by atoms with van der Waals surface area (Å²) in [5.74, 6) is 3.45. The number of likely N-dealkylation sites (tertiary alicyclic amines) is 1. The Morgan fingerprint density at radius 1 is 1.19 bits per heavy atom. The molecule has 4 rings (SSSR count). The number of carbonyl (C=O) groups excluding carboxylic acids is 2. The molecule has 0 unspecified atom stereocenters. The summed E-state index contributed by atoms with van der Waals surface area (Å²) in [5, 5.41) is 5.85. The van der Waals surface area contributed by atoms with E-state index in [-0.39, 0.29) is 11.8 Å². The molecule has 168 valence electrons. The van der Waals surface area contributed by atoms with Gasteiger partial charge in [0.05, 0.1) is 17.0 Å². The molecule has 1 aliphatic carbocycles. The molecular weight excluding hydrogens is 430 g/mol. The van der Waals surface area contributed by atoms with Gasteiger partial charge < -0.3 is 14.6 Å². The second-order valence-electron chi connectivity index (χ2n) is 8.39. The molecule has 2 aromatic rings. The van der Waals surface area contributed by atoms with Crippen LogP contribution in [0, 0.1) is 5.92 Å². The maximum atomic E-state index is 12.8. The number of nitrogens with one attached hydrogen (secondary N) is 1. The predicted molar refractivity (Wildman–Crippen MR) is 124 cm³/mol. The average molecular weight is 462 g/mol. The van der Waals surface area contributed by atoms with Gasteiger partial charge in [-0.3, -0.25) is 9.59 Å². The molecule has 0 atom stereocenters. The van der Waals surface area contributed by atoms with Crippen LogP contribution < -0.4 is 5.32 Å². The Bertz CT molecular complexity index is 838. The minimum atomic E-state index is -0.106. The molecule has 0 radical (unpaired) electrons. The lowest BCUT2D eigenvalue weighted by Gasteiger charge is -2.34. The molecule has 1 N–H and O–H groups in total. The lowest BCUT2D eigenvalue weighted by atomic mass is 9.87. The Morgan fingerprint density at radius 3 is 2.74 bits per heavy atom. The second-order valence-corrected chi connectivity index (χ2v) is 10.4. The number of aromatic nitrogens is 1. The number of nitrogens with zero attached hydrogens (tertiary/aromatic N) is 2. The number of amides is 2. The Balaban J connectivity index is 1.18.